The van der Waals surface area contributed by atoms with Gasteiger partial charge in [-0.2, -0.15) is 0 Å². The fraction of sp³-hybridized carbons (Fsp3) is 0.0833. The van der Waals surface area contributed by atoms with Crippen LogP contribution in [-0.2, 0) is 6.54 Å². The van der Waals surface area contributed by atoms with E-state index in [9.17, 15) is 4.39 Å². The van der Waals surface area contributed by atoms with Gasteiger partial charge in [0.05, 0.1) is 12.8 Å². The normalized spacial score (nSPS) is 11.8. The van der Waals surface area contributed by atoms with E-state index in [1.807, 2.05) is 0 Å². The van der Waals surface area contributed by atoms with Crippen LogP contribution in [0.1, 0.15) is 6.93 Å². The van der Waals surface area contributed by atoms with Crippen LogP contribution in [-0.4, -0.2) is 19.5 Å². The van der Waals surface area contributed by atoms with Crippen molar-refractivity contribution in [3.8, 4) is 0 Å². The van der Waals surface area contributed by atoms with Gasteiger partial charge in [0.25, 0.3) is 0 Å². The standard InChI is InChI=1S/C12H9ClFN5/c13-8-2-1-3-9(14)7(8)4-19-6-18-10-11(15)16-5-17-12(10)19/h1-3,5-6H,4H2,(H2,15,16,17)/i6T. The third kappa shape index (κ3) is 2.00. The Morgan fingerprint density at radius 3 is 3.00 bits per heavy atom. The first-order valence-electron chi connectivity index (χ1n) is 5.94. The molecule has 0 amide bonds. The average Bonchev–Trinajstić information content (AvgIpc) is 2.72. The van der Waals surface area contributed by atoms with Gasteiger partial charge < -0.3 is 10.3 Å². The maximum absolute atomic E-state index is 13.8. The van der Waals surface area contributed by atoms with E-state index in [-0.39, 0.29) is 29.3 Å². The summed E-state index contributed by atoms with van der Waals surface area (Å²) < 4.78 is 23.1. The van der Waals surface area contributed by atoms with Crippen molar-refractivity contribution in [3.05, 3.63) is 47.2 Å². The van der Waals surface area contributed by atoms with Gasteiger partial charge in [-0.3, -0.25) is 0 Å². The molecule has 0 radical (unpaired) electrons. The van der Waals surface area contributed by atoms with Crippen LogP contribution in [0.2, 0.25) is 5.02 Å². The van der Waals surface area contributed by atoms with Crippen LogP contribution in [0, 0.1) is 5.82 Å². The first-order chi connectivity index (χ1) is 9.58. The minimum Gasteiger partial charge on any atom is -0.382 e. The number of anilines is 1. The molecule has 7 heteroatoms. The van der Waals surface area contributed by atoms with Crippen LogP contribution in [0.5, 0.6) is 0 Å². The number of benzene rings is 1. The molecule has 3 rings (SSSR count). The second-order valence-electron chi connectivity index (χ2n) is 3.93. The molecule has 0 aliphatic carbocycles. The van der Waals surface area contributed by atoms with Gasteiger partial charge >= 0.3 is 0 Å². The number of hydrogen-bond acceptors (Lipinski definition) is 4. The molecular weight excluding hydrogens is 269 g/mol. The molecule has 0 aliphatic heterocycles. The van der Waals surface area contributed by atoms with Crippen molar-refractivity contribution in [1.29, 1.82) is 0 Å². The first-order valence-corrected chi connectivity index (χ1v) is 5.82. The van der Waals surface area contributed by atoms with Gasteiger partial charge in [-0.1, -0.05) is 17.7 Å². The predicted molar refractivity (Wildman–Crippen MR) is 70.2 cm³/mol. The maximum Gasteiger partial charge on any atom is 0.165 e. The highest BCUT2D eigenvalue weighted by atomic mass is 35.5. The Bertz CT molecular complexity index is 784. The lowest BCUT2D eigenvalue weighted by atomic mass is 10.2. The minimum atomic E-state index is -0.444. The fourth-order valence-electron chi connectivity index (χ4n) is 1.80. The van der Waals surface area contributed by atoms with Gasteiger partial charge in [-0.15, -0.1) is 0 Å². The molecule has 2 aromatic heterocycles. The number of nitrogen functional groups attached to an aromatic ring is 1. The van der Waals surface area contributed by atoms with E-state index in [4.69, 9.17) is 18.7 Å². The van der Waals surface area contributed by atoms with Gasteiger partial charge in [0.1, 0.15) is 19.0 Å². The molecule has 0 fully saturated rings. The number of imidazole rings is 1. The van der Waals surface area contributed by atoms with Crippen LogP contribution in [0.15, 0.2) is 30.8 Å². The molecule has 96 valence electrons. The van der Waals surface area contributed by atoms with Crippen LogP contribution < -0.4 is 5.73 Å². The second-order valence-corrected chi connectivity index (χ2v) is 4.34. The summed E-state index contributed by atoms with van der Waals surface area (Å²) in [6.45, 7) is 0.0529. The average molecular weight is 280 g/mol. The SMILES string of the molecule is [3H]c1nc2c(N)ncnc2n1Cc1c(F)cccc1Cl. The summed E-state index contributed by atoms with van der Waals surface area (Å²) in [6.07, 6.45) is 1.20. The highest BCUT2D eigenvalue weighted by molar-refractivity contribution is 6.31. The monoisotopic (exact) mass is 279 g/mol. The molecular formula is C12H9ClFN5. The Balaban J connectivity index is 2.16. The molecule has 0 spiro atoms. The number of fused-ring (bicyclic) bond motifs is 1. The molecule has 0 atom stereocenters. The van der Waals surface area contributed by atoms with Crippen molar-refractivity contribution in [3.63, 3.8) is 0 Å². The number of halogens is 2. The van der Waals surface area contributed by atoms with E-state index in [2.05, 4.69) is 15.0 Å². The predicted octanol–water partition coefficient (Wildman–Crippen LogP) is 2.25. The van der Waals surface area contributed by atoms with Crippen molar-refractivity contribution < 1.29 is 5.76 Å². The summed E-state index contributed by atoms with van der Waals surface area (Å²) in [5.41, 5.74) is 6.66. The first kappa shape index (κ1) is 10.7. The van der Waals surface area contributed by atoms with Gasteiger partial charge in [0.2, 0.25) is 0 Å². The molecule has 0 aliphatic rings. The number of aromatic nitrogens is 4. The summed E-state index contributed by atoms with van der Waals surface area (Å²) in [5, 5.41) is 0.285. The molecule has 19 heavy (non-hydrogen) atoms. The van der Waals surface area contributed by atoms with E-state index in [0.717, 1.165) is 0 Å². The Hall–Kier alpha value is -2.21. The smallest absolute Gasteiger partial charge is 0.165 e. The zero-order valence-electron chi connectivity index (χ0n) is 10.6. The van der Waals surface area contributed by atoms with E-state index in [1.165, 1.54) is 23.0 Å². The number of nitrogens with zero attached hydrogens (tertiary/aromatic N) is 4. The van der Waals surface area contributed by atoms with Gasteiger partial charge in [0.15, 0.2) is 11.5 Å². The van der Waals surface area contributed by atoms with Crippen molar-refractivity contribution in [2.24, 2.45) is 0 Å². The quantitative estimate of drug-likeness (QED) is 0.781. The Morgan fingerprint density at radius 1 is 1.37 bits per heavy atom. The number of hydrogen-bond donors (Lipinski definition) is 1. The molecule has 1 aromatic carbocycles. The van der Waals surface area contributed by atoms with E-state index >= 15 is 0 Å². The molecule has 2 heterocycles. The second kappa shape index (κ2) is 4.47. The lowest BCUT2D eigenvalue weighted by molar-refractivity contribution is 0.601. The highest BCUT2D eigenvalue weighted by Gasteiger charge is 2.12. The van der Waals surface area contributed by atoms with Crippen molar-refractivity contribution in [2.45, 2.75) is 6.54 Å². The van der Waals surface area contributed by atoms with Gasteiger partial charge in [-0.05, 0) is 12.1 Å². The zero-order chi connectivity index (χ0) is 14.3. The third-order valence-electron chi connectivity index (χ3n) is 2.75. The van der Waals surface area contributed by atoms with E-state index < -0.39 is 5.82 Å². The largest absolute Gasteiger partial charge is 0.382 e. The van der Waals surface area contributed by atoms with Gasteiger partial charge in [-0.25, -0.2) is 19.3 Å². The van der Waals surface area contributed by atoms with Gasteiger partial charge in [0, 0.05) is 10.6 Å². The molecule has 0 unspecified atom stereocenters. The molecule has 0 saturated heterocycles. The fourth-order valence-corrected chi connectivity index (χ4v) is 2.02. The summed E-state index contributed by atoms with van der Waals surface area (Å²) in [7, 11) is 0. The van der Waals surface area contributed by atoms with Crippen molar-refractivity contribution in [2.75, 3.05) is 5.73 Å². The summed E-state index contributed by atoms with van der Waals surface area (Å²) in [5.74, 6) is -0.261. The van der Waals surface area contributed by atoms with Crippen molar-refractivity contribution in [1.82, 2.24) is 19.5 Å². The summed E-state index contributed by atoms with van der Waals surface area (Å²) in [4.78, 5) is 11.8. The minimum absolute atomic E-state index is 0.0529. The summed E-state index contributed by atoms with van der Waals surface area (Å²) >= 11 is 5.99. The van der Waals surface area contributed by atoms with Crippen LogP contribution in [0.4, 0.5) is 10.2 Å². The molecule has 0 bridgehead atoms. The number of rotatable bonds is 2. The summed E-state index contributed by atoms with van der Waals surface area (Å²) in [6, 6.07) is 4.42. The van der Waals surface area contributed by atoms with E-state index in [0.29, 0.717) is 11.2 Å². The Morgan fingerprint density at radius 2 is 2.21 bits per heavy atom. The van der Waals surface area contributed by atoms with E-state index in [1.54, 1.807) is 6.07 Å². The highest BCUT2D eigenvalue weighted by Crippen LogP contribution is 2.22. The molecule has 3 aromatic rings. The van der Waals surface area contributed by atoms with Crippen LogP contribution in [0.25, 0.3) is 11.2 Å². The van der Waals surface area contributed by atoms with Crippen molar-refractivity contribution >= 4 is 28.6 Å². The Kier molecular flexibility index (Phi) is 2.52. The lowest BCUT2D eigenvalue weighted by Gasteiger charge is -2.07. The third-order valence-corrected chi connectivity index (χ3v) is 3.10. The maximum atomic E-state index is 13.8. The Labute approximate surface area is 114 Å². The topological polar surface area (TPSA) is 69.6 Å². The molecule has 2 N–H and O–H groups in total. The zero-order valence-corrected chi connectivity index (χ0v) is 10.4. The molecule has 0 saturated carbocycles. The van der Waals surface area contributed by atoms with Crippen LogP contribution >= 0.6 is 11.6 Å². The van der Waals surface area contributed by atoms with Crippen LogP contribution in [0.3, 0.4) is 0 Å². The number of nitrogens with two attached hydrogens (primary N) is 1. The lowest BCUT2D eigenvalue weighted by Crippen LogP contribution is -2.03. The molecule has 5 nitrogen and oxygen atoms in total.